The number of carbonyl (C=O) groups is 3. The Kier molecular flexibility index (Phi) is 7.47. The Hall–Kier alpha value is -3.49. The van der Waals surface area contributed by atoms with E-state index in [-0.39, 0.29) is 25.0 Å². The summed E-state index contributed by atoms with van der Waals surface area (Å²) in [6.07, 6.45) is 11.8. The summed E-state index contributed by atoms with van der Waals surface area (Å²) >= 11 is 0. The van der Waals surface area contributed by atoms with Crippen molar-refractivity contribution in [3.05, 3.63) is 66.8 Å². The van der Waals surface area contributed by atoms with Crippen molar-refractivity contribution in [1.82, 2.24) is 4.90 Å². The number of nitrogens with zero attached hydrogens (tertiary/aromatic N) is 2. The van der Waals surface area contributed by atoms with Crippen LogP contribution in [-0.4, -0.2) is 71.3 Å². The molecule has 0 bridgehead atoms. The second-order valence-corrected chi connectivity index (χ2v) is 11.5. The van der Waals surface area contributed by atoms with Crippen molar-refractivity contribution in [2.24, 2.45) is 11.8 Å². The van der Waals surface area contributed by atoms with Gasteiger partial charge in [-0.05, 0) is 48.6 Å². The molecule has 4 heterocycles. The summed E-state index contributed by atoms with van der Waals surface area (Å²) in [4.78, 5) is 45.9. The van der Waals surface area contributed by atoms with Gasteiger partial charge in [0, 0.05) is 25.4 Å². The first-order valence-electron chi connectivity index (χ1n) is 14.9. The molecule has 2 aromatic carbocycles. The van der Waals surface area contributed by atoms with Crippen molar-refractivity contribution in [2.45, 2.75) is 62.7 Å². The van der Waals surface area contributed by atoms with Gasteiger partial charge in [-0.1, -0.05) is 74.4 Å². The summed E-state index contributed by atoms with van der Waals surface area (Å²) in [5, 5.41) is 11.3. The Bertz CT molecular complexity index is 1400. The lowest BCUT2D eigenvalue weighted by Crippen LogP contribution is -2.56. The average Bonchev–Trinajstić information content (AvgIpc) is 3.32. The number of fused-ring (bicyclic) bond motifs is 3. The van der Waals surface area contributed by atoms with Crippen molar-refractivity contribution in [3.63, 3.8) is 0 Å². The second-order valence-electron chi connectivity index (χ2n) is 11.5. The lowest BCUT2D eigenvalue weighted by atomic mass is 9.73. The first-order valence-corrected chi connectivity index (χ1v) is 14.9. The summed E-state index contributed by atoms with van der Waals surface area (Å²) in [5.41, 5.74) is -1.58. The van der Waals surface area contributed by atoms with E-state index in [0.717, 1.165) is 29.3 Å². The smallest absolute Gasteiger partial charge is 0.313 e. The number of aliphatic hydroxyl groups excluding tert-OH is 1. The van der Waals surface area contributed by atoms with E-state index in [9.17, 15) is 19.5 Å². The number of carbonyl (C=O) groups excluding carboxylic acids is 3. The SMILES string of the molecule is CC[C@]12C=CCCOC(=O)[C@H]1[C@H]1C(=O)N(CCCCCCO)C3C(=O)N(c4ccc5ccccc5c4)CC=C[C@@]31O2. The van der Waals surface area contributed by atoms with Gasteiger partial charge in [0.25, 0.3) is 5.91 Å². The zero-order chi connectivity index (χ0) is 28.6. The average molecular weight is 559 g/mol. The number of esters is 1. The molecule has 0 aromatic heterocycles. The van der Waals surface area contributed by atoms with Crippen molar-refractivity contribution in [3.8, 4) is 0 Å². The molecule has 4 aliphatic heterocycles. The maximum Gasteiger partial charge on any atom is 0.313 e. The number of anilines is 1. The van der Waals surface area contributed by atoms with E-state index in [4.69, 9.17) is 9.47 Å². The highest BCUT2D eigenvalue weighted by Crippen LogP contribution is 2.58. The van der Waals surface area contributed by atoms with E-state index in [0.29, 0.717) is 38.8 Å². The second kappa shape index (κ2) is 11.1. The number of likely N-dealkylation sites (tertiary alicyclic amines) is 1. The fourth-order valence-electron chi connectivity index (χ4n) is 7.29. The third kappa shape index (κ3) is 4.48. The first kappa shape index (κ1) is 27.7. The monoisotopic (exact) mass is 558 g/mol. The van der Waals surface area contributed by atoms with Crippen LogP contribution in [0.25, 0.3) is 10.8 Å². The van der Waals surface area contributed by atoms with Crippen molar-refractivity contribution >= 4 is 34.2 Å². The van der Waals surface area contributed by atoms with Gasteiger partial charge in [0.2, 0.25) is 5.91 Å². The molecule has 41 heavy (non-hydrogen) atoms. The summed E-state index contributed by atoms with van der Waals surface area (Å²) < 4.78 is 12.6. The van der Waals surface area contributed by atoms with Gasteiger partial charge in [0.05, 0.1) is 12.5 Å². The number of aliphatic hydroxyl groups is 1. The van der Waals surface area contributed by atoms with E-state index < -0.39 is 35.0 Å². The lowest BCUT2D eigenvalue weighted by molar-refractivity contribution is -0.160. The summed E-state index contributed by atoms with van der Waals surface area (Å²) in [6, 6.07) is 13.0. The van der Waals surface area contributed by atoms with Crippen LogP contribution in [0, 0.1) is 11.8 Å². The number of amides is 2. The summed E-state index contributed by atoms with van der Waals surface area (Å²) in [5.74, 6) is -2.59. The van der Waals surface area contributed by atoms with Gasteiger partial charge in [-0.25, -0.2) is 0 Å². The minimum absolute atomic E-state index is 0.130. The number of ether oxygens (including phenoxy) is 2. The predicted octanol–water partition coefficient (Wildman–Crippen LogP) is 4.16. The van der Waals surface area contributed by atoms with Crippen LogP contribution in [0.2, 0.25) is 0 Å². The van der Waals surface area contributed by atoms with Crippen LogP contribution >= 0.6 is 0 Å². The van der Waals surface area contributed by atoms with Gasteiger partial charge in [-0.15, -0.1) is 0 Å². The molecule has 0 aliphatic carbocycles. The molecule has 5 atom stereocenters. The molecule has 8 nitrogen and oxygen atoms in total. The molecule has 8 heteroatoms. The van der Waals surface area contributed by atoms with E-state index in [1.54, 1.807) is 9.80 Å². The number of rotatable bonds is 8. The van der Waals surface area contributed by atoms with Crippen molar-refractivity contribution in [2.75, 3.05) is 31.2 Å². The first-order chi connectivity index (χ1) is 20.0. The largest absolute Gasteiger partial charge is 0.465 e. The van der Waals surface area contributed by atoms with Crippen molar-refractivity contribution in [1.29, 1.82) is 0 Å². The fraction of sp³-hybridized carbons (Fsp3) is 0.485. The normalized spacial score (nSPS) is 31.0. The van der Waals surface area contributed by atoms with E-state index in [2.05, 4.69) is 0 Å². The lowest BCUT2D eigenvalue weighted by Gasteiger charge is -2.38. The molecule has 216 valence electrons. The molecule has 2 saturated heterocycles. The topological polar surface area (TPSA) is 96.4 Å². The van der Waals surface area contributed by atoms with Crippen LogP contribution < -0.4 is 4.90 Å². The van der Waals surface area contributed by atoms with Crippen LogP contribution in [0.3, 0.4) is 0 Å². The maximum absolute atomic E-state index is 14.7. The molecular weight excluding hydrogens is 520 g/mol. The molecule has 1 spiro atoms. The van der Waals surface area contributed by atoms with Gasteiger partial charge >= 0.3 is 5.97 Å². The van der Waals surface area contributed by atoms with E-state index in [1.165, 1.54) is 0 Å². The fourth-order valence-corrected chi connectivity index (χ4v) is 7.29. The van der Waals surface area contributed by atoms with E-state index in [1.807, 2.05) is 73.7 Å². The third-order valence-electron chi connectivity index (χ3n) is 9.25. The highest BCUT2D eigenvalue weighted by Gasteiger charge is 2.75. The molecule has 2 fully saturated rings. The highest BCUT2D eigenvalue weighted by molar-refractivity contribution is 6.06. The zero-order valence-electron chi connectivity index (χ0n) is 23.5. The Morgan fingerprint density at radius 1 is 0.927 bits per heavy atom. The number of hydrogen-bond acceptors (Lipinski definition) is 6. The number of benzene rings is 2. The molecule has 2 aromatic rings. The molecule has 1 unspecified atom stereocenters. The predicted molar refractivity (Wildman–Crippen MR) is 155 cm³/mol. The summed E-state index contributed by atoms with van der Waals surface area (Å²) in [6.45, 7) is 3.03. The molecule has 2 amide bonds. The Labute approximate surface area is 240 Å². The number of cyclic esters (lactones) is 1. The zero-order valence-corrected chi connectivity index (χ0v) is 23.5. The van der Waals surface area contributed by atoms with Crippen molar-refractivity contribution < 1.29 is 29.0 Å². The quantitative estimate of drug-likeness (QED) is 0.297. The third-order valence-corrected chi connectivity index (χ3v) is 9.25. The van der Waals surface area contributed by atoms with Gasteiger partial charge < -0.3 is 24.4 Å². The number of hydrogen-bond donors (Lipinski definition) is 1. The molecule has 0 radical (unpaired) electrons. The molecule has 0 saturated carbocycles. The van der Waals surface area contributed by atoms with Crippen LogP contribution in [0.5, 0.6) is 0 Å². The van der Waals surface area contributed by atoms with Crippen LogP contribution in [-0.2, 0) is 23.9 Å². The Morgan fingerprint density at radius 3 is 2.54 bits per heavy atom. The Morgan fingerprint density at radius 2 is 1.73 bits per heavy atom. The van der Waals surface area contributed by atoms with Crippen LogP contribution in [0.4, 0.5) is 5.69 Å². The van der Waals surface area contributed by atoms with Gasteiger partial charge in [0.15, 0.2) is 0 Å². The number of unbranched alkanes of at least 4 members (excludes halogenated alkanes) is 3. The van der Waals surface area contributed by atoms with Crippen LogP contribution in [0.15, 0.2) is 66.8 Å². The molecule has 1 N–H and O–H groups in total. The van der Waals surface area contributed by atoms with Gasteiger partial charge in [-0.2, -0.15) is 0 Å². The standard InChI is InChI=1S/C33H38N2O6/c1-2-32-16-7-10-21-40-31(39)27(32)26-29(37)35(18-8-3-4-9-20-36)28-30(38)34(19-11-17-33(26,28)41-32)25-15-14-23-12-5-6-13-24(23)22-25/h5-7,11-17,22,26-28,36H,2-4,8-10,18-21H2,1H3/t26-,27+,28?,32-,33-/m0/s1. The molecule has 6 rings (SSSR count). The van der Waals surface area contributed by atoms with E-state index >= 15 is 0 Å². The molecule has 4 aliphatic rings. The summed E-state index contributed by atoms with van der Waals surface area (Å²) in [7, 11) is 0. The van der Waals surface area contributed by atoms with Gasteiger partial charge in [0.1, 0.15) is 23.2 Å². The van der Waals surface area contributed by atoms with Crippen LogP contribution in [0.1, 0.15) is 45.4 Å². The van der Waals surface area contributed by atoms with Gasteiger partial charge in [-0.3, -0.25) is 14.4 Å². The minimum Gasteiger partial charge on any atom is -0.465 e. The molecular formula is C33H38N2O6. The maximum atomic E-state index is 14.7. The highest BCUT2D eigenvalue weighted by atomic mass is 16.6. The Balaban J connectivity index is 1.43. The minimum atomic E-state index is -1.29.